The Morgan fingerprint density at radius 1 is 1.60 bits per heavy atom. The van der Waals surface area contributed by atoms with Crippen molar-refractivity contribution in [1.82, 2.24) is 5.32 Å². The van der Waals surface area contributed by atoms with Crippen molar-refractivity contribution in [2.75, 3.05) is 0 Å². The first-order chi connectivity index (χ1) is 6.91. The highest BCUT2D eigenvalue weighted by Crippen LogP contribution is 2.19. The van der Waals surface area contributed by atoms with Gasteiger partial charge in [-0.05, 0) is 35.8 Å². The number of carbonyl (C=O) groups is 2. The Balaban J connectivity index is 2.77. The van der Waals surface area contributed by atoms with Crippen LogP contribution < -0.4 is 5.32 Å². The molecule has 0 aliphatic heterocycles. The van der Waals surface area contributed by atoms with Gasteiger partial charge in [-0.15, -0.1) is 0 Å². The van der Waals surface area contributed by atoms with Gasteiger partial charge in [0.1, 0.15) is 6.04 Å². The molecule has 0 saturated carbocycles. The fourth-order valence-electron chi connectivity index (χ4n) is 0.993. The molecule has 0 aliphatic rings. The highest BCUT2D eigenvalue weighted by molar-refractivity contribution is 9.10. The molecule has 0 saturated heterocycles. The first kappa shape index (κ1) is 11.8. The van der Waals surface area contributed by atoms with E-state index < -0.39 is 17.9 Å². The van der Waals surface area contributed by atoms with Crippen LogP contribution in [0.3, 0.4) is 0 Å². The quantitative estimate of drug-likeness (QED) is 0.877. The maximum absolute atomic E-state index is 11.5. The number of rotatable bonds is 3. The molecule has 0 radical (unpaired) electrons. The van der Waals surface area contributed by atoms with E-state index in [4.69, 9.17) is 9.52 Å². The molecule has 1 unspecified atom stereocenters. The van der Waals surface area contributed by atoms with E-state index in [2.05, 4.69) is 21.2 Å². The molecule has 0 spiro atoms. The van der Waals surface area contributed by atoms with E-state index >= 15 is 0 Å². The molecule has 1 atom stereocenters. The average Bonchev–Trinajstić information content (AvgIpc) is 2.44. The van der Waals surface area contributed by atoms with Gasteiger partial charge in [0.15, 0.2) is 10.4 Å². The molecule has 6 heteroatoms. The number of carboxylic acid groups (broad SMARTS) is 1. The van der Waals surface area contributed by atoms with Crippen molar-refractivity contribution in [3.63, 3.8) is 0 Å². The topological polar surface area (TPSA) is 79.5 Å². The minimum Gasteiger partial charge on any atom is -0.480 e. The molecule has 1 heterocycles. The third-order valence-corrected chi connectivity index (χ3v) is 2.20. The second-order valence-electron chi connectivity index (χ2n) is 3.10. The van der Waals surface area contributed by atoms with Gasteiger partial charge in [-0.2, -0.15) is 0 Å². The first-order valence-corrected chi connectivity index (χ1v) is 5.00. The van der Waals surface area contributed by atoms with E-state index in [1.807, 2.05) is 0 Å². The molecule has 2 N–H and O–H groups in total. The van der Waals surface area contributed by atoms with E-state index in [9.17, 15) is 9.59 Å². The zero-order valence-electron chi connectivity index (χ0n) is 8.20. The number of amides is 1. The Hall–Kier alpha value is -1.30. The van der Waals surface area contributed by atoms with Crippen molar-refractivity contribution >= 4 is 27.8 Å². The normalized spacial score (nSPS) is 12.2. The molecule has 0 fully saturated rings. The van der Waals surface area contributed by atoms with Gasteiger partial charge in [0.05, 0.1) is 0 Å². The highest BCUT2D eigenvalue weighted by Gasteiger charge is 2.19. The smallest absolute Gasteiger partial charge is 0.325 e. The number of nitrogens with one attached hydrogen (secondary N) is 1. The summed E-state index contributed by atoms with van der Waals surface area (Å²) >= 11 is 3.08. The lowest BCUT2D eigenvalue weighted by Gasteiger charge is -2.07. The number of carboxylic acids is 1. The molecule has 15 heavy (non-hydrogen) atoms. The highest BCUT2D eigenvalue weighted by atomic mass is 79.9. The van der Waals surface area contributed by atoms with Crippen LogP contribution in [0, 0.1) is 6.92 Å². The monoisotopic (exact) mass is 275 g/mol. The molecule has 1 amide bonds. The van der Waals surface area contributed by atoms with Gasteiger partial charge in [-0.1, -0.05) is 0 Å². The fraction of sp³-hybridized carbons (Fsp3) is 0.333. The largest absolute Gasteiger partial charge is 0.480 e. The van der Waals surface area contributed by atoms with Crippen molar-refractivity contribution in [3.8, 4) is 0 Å². The summed E-state index contributed by atoms with van der Waals surface area (Å²) in [6.45, 7) is 3.09. The van der Waals surface area contributed by atoms with Gasteiger partial charge < -0.3 is 14.8 Å². The third-order valence-electron chi connectivity index (χ3n) is 1.81. The van der Waals surface area contributed by atoms with Crippen molar-refractivity contribution in [2.45, 2.75) is 19.9 Å². The fourth-order valence-corrected chi connectivity index (χ4v) is 1.50. The van der Waals surface area contributed by atoms with Crippen LogP contribution in [0.2, 0.25) is 0 Å². The predicted octanol–water partition coefficient (Wildman–Crippen LogP) is 1.55. The Morgan fingerprint density at radius 3 is 2.60 bits per heavy atom. The van der Waals surface area contributed by atoms with Gasteiger partial charge in [0.25, 0.3) is 5.91 Å². The van der Waals surface area contributed by atoms with Crippen molar-refractivity contribution in [2.24, 2.45) is 0 Å². The first-order valence-electron chi connectivity index (χ1n) is 4.21. The average molecular weight is 276 g/mol. The molecule has 1 rings (SSSR count). The SMILES string of the molecule is Cc1cc(Br)oc1C(=O)NC(C)C(=O)O. The molecular weight excluding hydrogens is 266 g/mol. The maximum atomic E-state index is 11.5. The summed E-state index contributed by atoms with van der Waals surface area (Å²) in [6, 6.07) is 0.696. The second kappa shape index (κ2) is 4.48. The summed E-state index contributed by atoms with van der Waals surface area (Å²) in [5.41, 5.74) is 0.650. The molecular formula is C9H10BrNO4. The maximum Gasteiger partial charge on any atom is 0.325 e. The predicted molar refractivity (Wildman–Crippen MR) is 55.7 cm³/mol. The van der Waals surface area contributed by atoms with Gasteiger partial charge >= 0.3 is 5.97 Å². The second-order valence-corrected chi connectivity index (χ2v) is 3.88. The number of aliphatic carboxylic acids is 1. The zero-order chi connectivity index (χ0) is 11.6. The summed E-state index contributed by atoms with van der Waals surface area (Å²) < 4.78 is 5.51. The Morgan fingerprint density at radius 2 is 2.20 bits per heavy atom. The standard InChI is InChI=1S/C9H10BrNO4/c1-4-3-6(10)15-7(4)8(12)11-5(2)9(13)14/h3,5H,1-2H3,(H,11,12)(H,13,14). The molecule has 1 aromatic rings. The summed E-state index contributed by atoms with van der Waals surface area (Å²) in [6.07, 6.45) is 0. The van der Waals surface area contributed by atoms with Crippen LogP contribution in [0.15, 0.2) is 15.2 Å². The minimum absolute atomic E-state index is 0.120. The molecule has 5 nitrogen and oxygen atoms in total. The number of furan rings is 1. The van der Waals surface area contributed by atoms with Crippen molar-refractivity contribution in [1.29, 1.82) is 0 Å². The van der Waals surface area contributed by atoms with E-state index in [1.165, 1.54) is 6.92 Å². The third kappa shape index (κ3) is 2.82. The van der Waals surface area contributed by atoms with Crippen molar-refractivity contribution in [3.05, 3.63) is 22.1 Å². The van der Waals surface area contributed by atoms with Crippen LogP contribution in [0.1, 0.15) is 23.0 Å². The van der Waals surface area contributed by atoms with E-state index in [1.54, 1.807) is 13.0 Å². The van der Waals surface area contributed by atoms with Crippen LogP contribution in [-0.2, 0) is 4.79 Å². The summed E-state index contributed by atoms with van der Waals surface area (Å²) in [4.78, 5) is 22.0. The summed E-state index contributed by atoms with van der Waals surface area (Å²) in [5, 5.41) is 10.9. The molecule has 82 valence electrons. The lowest BCUT2D eigenvalue weighted by atomic mass is 10.2. The van der Waals surface area contributed by atoms with Crippen LogP contribution in [-0.4, -0.2) is 23.0 Å². The Labute approximate surface area is 94.6 Å². The van der Waals surface area contributed by atoms with Crippen LogP contribution in [0.4, 0.5) is 0 Å². The van der Waals surface area contributed by atoms with Gasteiger partial charge in [0, 0.05) is 5.56 Å². The molecule has 0 bridgehead atoms. The van der Waals surface area contributed by atoms with Crippen molar-refractivity contribution < 1.29 is 19.1 Å². The van der Waals surface area contributed by atoms with E-state index in [0.717, 1.165) is 0 Å². The van der Waals surface area contributed by atoms with Crippen LogP contribution in [0.5, 0.6) is 0 Å². The summed E-state index contributed by atoms with van der Waals surface area (Å²) in [7, 11) is 0. The number of halogens is 1. The van der Waals surface area contributed by atoms with E-state index in [-0.39, 0.29) is 5.76 Å². The van der Waals surface area contributed by atoms with Crippen LogP contribution in [0.25, 0.3) is 0 Å². The number of aryl methyl sites for hydroxylation is 1. The Kier molecular flexibility index (Phi) is 3.52. The Bertz CT molecular complexity index is 399. The molecule has 1 aromatic heterocycles. The lowest BCUT2D eigenvalue weighted by molar-refractivity contribution is -0.138. The molecule has 0 aromatic carbocycles. The number of carbonyl (C=O) groups excluding carboxylic acids is 1. The summed E-state index contributed by atoms with van der Waals surface area (Å²) in [5.74, 6) is -1.50. The zero-order valence-corrected chi connectivity index (χ0v) is 9.79. The lowest BCUT2D eigenvalue weighted by Crippen LogP contribution is -2.38. The van der Waals surface area contributed by atoms with E-state index in [0.29, 0.717) is 10.2 Å². The minimum atomic E-state index is -1.09. The molecule has 0 aliphatic carbocycles. The number of hydrogen-bond acceptors (Lipinski definition) is 3. The van der Waals surface area contributed by atoms with Gasteiger partial charge in [-0.25, -0.2) is 0 Å². The number of hydrogen-bond donors (Lipinski definition) is 2. The van der Waals surface area contributed by atoms with Crippen LogP contribution >= 0.6 is 15.9 Å². The van der Waals surface area contributed by atoms with Gasteiger partial charge in [0.2, 0.25) is 0 Å². The van der Waals surface area contributed by atoms with Gasteiger partial charge in [-0.3, -0.25) is 9.59 Å².